The number of unbranched alkanes of at least 4 members (excludes halogenated alkanes) is 14. The highest BCUT2D eigenvalue weighted by Crippen LogP contribution is 2.23. The van der Waals surface area contributed by atoms with E-state index in [9.17, 15) is 14.4 Å². The van der Waals surface area contributed by atoms with Gasteiger partial charge in [0.05, 0.1) is 36.6 Å². The van der Waals surface area contributed by atoms with Crippen LogP contribution in [0.5, 0.6) is 0 Å². The number of hydrogen-bond acceptors (Lipinski definition) is 6. The molecule has 0 saturated heterocycles. The van der Waals surface area contributed by atoms with Gasteiger partial charge in [-0.1, -0.05) is 125 Å². The maximum atomic E-state index is 11.8. The molecule has 0 saturated carbocycles. The van der Waals surface area contributed by atoms with E-state index < -0.39 is 0 Å². The second-order valence-electron chi connectivity index (χ2n) is 14.4. The number of rotatable bonds is 24. The minimum absolute atomic E-state index is 0.0419. The van der Waals surface area contributed by atoms with Crippen LogP contribution in [0.2, 0.25) is 0 Å². The highest BCUT2D eigenvalue weighted by molar-refractivity contribution is 5.76. The molecule has 0 radical (unpaired) electrons. The van der Waals surface area contributed by atoms with Gasteiger partial charge in [0.1, 0.15) is 0 Å². The monoisotopic (exact) mass is 643 g/mol. The van der Waals surface area contributed by atoms with Gasteiger partial charge in [-0.25, -0.2) is 0 Å². The lowest BCUT2D eigenvalue weighted by molar-refractivity contribution is -0.155. The quantitative estimate of drug-likeness (QED) is 0.0592. The second kappa shape index (κ2) is 29.8. The molecule has 0 fully saturated rings. The molecule has 270 valence electrons. The van der Waals surface area contributed by atoms with Crippen molar-refractivity contribution < 1.29 is 28.6 Å². The van der Waals surface area contributed by atoms with Crippen LogP contribution in [0.15, 0.2) is 0 Å². The van der Waals surface area contributed by atoms with Crippen LogP contribution in [0, 0.1) is 16.2 Å². The molecule has 0 heterocycles. The third-order valence-corrected chi connectivity index (χ3v) is 8.96. The first-order valence-corrected chi connectivity index (χ1v) is 18.6. The van der Waals surface area contributed by atoms with E-state index in [4.69, 9.17) is 9.47 Å². The highest BCUT2D eigenvalue weighted by atomic mass is 16.5. The number of hydrogen-bond donors (Lipinski definition) is 0. The molecule has 0 aromatic heterocycles. The van der Waals surface area contributed by atoms with Crippen molar-refractivity contribution in [2.75, 3.05) is 20.3 Å². The van der Waals surface area contributed by atoms with Crippen LogP contribution in [-0.2, 0) is 28.6 Å². The van der Waals surface area contributed by atoms with E-state index in [1.807, 2.05) is 62.3 Å². The third-order valence-electron chi connectivity index (χ3n) is 8.96. The van der Waals surface area contributed by atoms with Crippen LogP contribution >= 0.6 is 0 Å². The van der Waals surface area contributed by atoms with Gasteiger partial charge in [0.15, 0.2) is 0 Å². The molecule has 6 nitrogen and oxygen atoms in total. The first-order valence-electron chi connectivity index (χ1n) is 18.6. The minimum atomic E-state index is -0.323. The molecule has 0 aliphatic rings. The van der Waals surface area contributed by atoms with E-state index in [1.54, 1.807) is 0 Å². The summed E-state index contributed by atoms with van der Waals surface area (Å²) in [6.45, 7) is 23.0. The van der Waals surface area contributed by atoms with Gasteiger partial charge in [-0.15, -0.1) is 0 Å². The van der Waals surface area contributed by atoms with Crippen LogP contribution in [-0.4, -0.2) is 38.2 Å². The summed E-state index contributed by atoms with van der Waals surface area (Å²) in [5.74, 6) is -0.247. The van der Waals surface area contributed by atoms with Crippen LogP contribution in [0.25, 0.3) is 0 Å². The maximum absolute atomic E-state index is 11.8. The number of esters is 3. The number of methoxy groups -OCH3 is 1. The Bertz CT molecular complexity index is 710. The molecule has 0 amide bonds. The normalized spacial score (nSPS) is 11.5. The zero-order valence-corrected chi connectivity index (χ0v) is 32.3. The van der Waals surface area contributed by atoms with Crippen molar-refractivity contribution in [1.82, 2.24) is 0 Å². The minimum Gasteiger partial charge on any atom is -0.469 e. The summed E-state index contributed by atoms with van der Waals surface area (Å²) >= 11 is 0. The van der Waals surface area contributed by atoms with Crippen molar-refractivity contribution in [1.29, 1.82) is 0 Å². The fraction of sp³-hybridized carbons (Fsp3) is 0.923. The highest BCUT2D eigenvalue weighted by Gasteiger charge is 2.27. The molecule has 0 spiro atoms. The van der Waals surface area contributed by atoms with Gasteiger partial charge in [0, 0.05) is 0 Å². The summed E-state index contributed by atoms with van der Waals surface area (Å²) in [7, 11) is 1.42. The SMILES string of the molecule is CCC(C)(C)C(=O)OC.CCCCCCCCCCCCCCCCOC(=O)C(C)(C)CC.CCCCOC(=O)C(C)(C)CC. The first kappa shape index (κ1) is 47.8. The Kier molecular flexibility index (Phi) is 31.7. The molecule has 0 aromatic rings. The Morgan fingerprint density at radius 2 is 0.667 bits per heavy atom. The van der Waals surface area contributed by atoms with E-state index in [0.717, 1.165) is 38.5 Å². The zero-order chi connectivity index (χ0) is 35.2. The summed E-state index contributed by atoms with van der Waals surface area (Å²) in [5.41, 5.74) is -0.946. The van der Waals surface area contributed by atoms with E-state index in [0.29, 0.717) is 13.2 Å². The maximum Gasteiger partial charge on any atom is 0.311 e. The summed E-state index contributed by atoms with van der Waals surface area (Å²) in [4.78, 5) is 34.0. The van der Waals surface area contributed by atoms with E-state index >= 15 is 0 Å². The van der Waals surface area contributed by atoms with Crippen molar-refractivity contribution in [2.45, 2.75) is 198 Å². The van der Waals surface area contributed by atoms with Crippen molar-refractivity contribution in [3.05, 3.63) is 0 Å². The molecular formula is C39H78O6. The molecule has 0 rings (SSSR count). The van der Waals surface area contributed by atoms with E-state index in [2.05, 4.69) is 18.6 Å². The lowest BCUT2D eigenvalue weighted by Crippen LogP contribution is -2.26. The summed E-state index contributed by atoms with van der Waals surface area (Å²) in [5, 5.41) is 0. The van der Waals surface area contributed by atoms with Gasteiger partial charge in [-0.05, 0) is 73.6 Å². The molecule has 0 aliphatic carbocycles. The first-order chi connectivity index (χ1) is 21.1. The average molecular weight is 643 g/mol. The van der Waals surface area contributed by atoms with Crippen LogP contribution in [0.1, 0.15) is 198 Å². The summed E-state index contributed by atoms with van der Waals surface area (Å²) in [6, 6.07) is 0. The smallest absolute Gasteiger partial charge is 0.311 e. The number of carbonyl (C=O) groups is 3. The van der Waals surface area contributed by atoms with Gasteiger partial charge in [-0.2, -0.15) is 0 Å². The Hall–Kier alpha value is -1.59. The van der Waals surface area contributed by atoms with E-state index in [-0.39, 0.29) is 34.2 Å². The third kappa shape index (κ3) is 28.4. The van der Waals surface area contributed by atoms with E-state index in [1.165, 1.54) is 90.6 Å². The average Bonchev–Trinajstić information content (AvgIpc) is 3.02. The molecule has 0 N–H and O–H groups in total. The Balaban J connectivity index is -0.000000693. The molecule has 0 atom stereocenters. The van der Waals surface area contributed by atoms with Crippen molar-refractivity contribution in [2.24, 2.45) is 16.2 Å². The molecular weight excluding hydrogens is 564 g/mol. The predicted molar refractivity (Wildman–Crippen MR) is 191 cm³/mol. The molecule has 0 unspecified atom stereocenters. The fourth-order valence-corrected chi connectivity index (χ4v) is 3.87. The molecule has 6 heteroatoms. The van der Waals surface area contributed by atoms with Crippen LogP contribution < -0.4 is 0 Å². The largest absolute Gasteiger partial charge is 0.469 e. The van der Waals surface area contributed by atoms with Crippen molar-refractivity contribution >= 4 is 17.9 Å². The van der Waals surface area contributed by atoms with Crippen molar-refractivity contribution in [3.8, 4) is 0 Å². The summed E-state index contributed by atoms with van der Waals surface area (Å²) in [6.07, 6.45) is 23.5. The standard InChI is InChI=1S/C22H44O2.C10H20O2.C7H14O2/c1-5-7-8-9-10-11-12-13-14-15-16-17-18-19-20-24-21(23)22(3,4)6-2;1-5-7-8-12-9(11)10(3,4)6-2;1-5-7(2,3)6(8)9-4/h5-20H2,1-4H3;5-8H2,1-4H3;5H2,1-4H3. The van der Waals surface area contributed by atoms with Gasteiger partial charge in [0.25, 0.3) is 0 Å². The van der Waals surface area contributed by atoms with Crippen LogP contribution in [0.4, 0.5) is 0 Å². The molecule has 0 bridgehead atoms. The Morgan fingerprint density at radius 1 is 0.400 bits per heavy atom. The second-order valence-corrected chi connectivity index (χ2v) is 14.4. The lowest BCUT2D eigenvalue weighted by atomic mass is 9.91. The van der Waals surface area contributed by atoms with Gasteiger partial charge in [0.2, 0.25) is 0 Å². The van der Waals surface area contributed by atoms with Gasteiger partial charge < -0.3 is 14.2 Å². The van der Waals surface area contributed by atoms with Crippen molar-refractivity contribution in [3.63, 3.8) is 0 Å². The zero-order valence-electron chi connectivity index (χ0n) is 32.3. The fourth-order valence-electron chi connectivity index (χ4n) is 3.87. The lowest BCUT2D eigenvalue weighted by Gasteiger charge is -2.20. The number of ether oxygens (including phenoxy) is 3. The Labute approximate surface area is 280 Å². The molecule has 45 heavy (non-hydrogen) atoms. The van der Waals surface area contributed by atoms with Crippen LogP contribution in [0.3, 0.4) is 0 Å². The predicted octanol–water partition coefficient (Wildman–Crippen LogP) is 11.8. The molecule has 0 aromatic carbocycles. The van der Waals surface area contributed by atoms with Gasteiger partial charge >= 0.3 is 17.9 Å². The Morgan fingerprint density at radius 3 is 0.933 bits per heavy atom. The van der Waals surface area contributed by atoms with Gasteiger partial charge in [-0.3, -0.25) is 14.4 Å². The summed E-state index contributed by atoms with van der Waals surface area (Å²) < 4.78 is 15.0. The molecule has 0 aliphatic heterocycles. The number of carbonyl (C=O) groups excluding carboxylic acids is 3. The topological polar surface area (TPSA) is 78.9 Å².